The summed E-state index contributed by atoms with van der Waals surface area (Å²) in [5.41, 5.74) is 3.17. The molecule has 88 valence electrons. The zero-order valence-electron chi connectivity index (χ0n) is 10.5. The predicted octanol–water partition coefficient (Wildman–Crippen LogP) is 3.49. The lowest BCUT2D eigenvalue weighted by molar-refractivity contribution is 0.420. The molecule has 16 heavy (non-hydrogen) atoms. The Morgan fingerprint density at radius 3 is 2.94 bits per heavy atom. The van der Waals surface area contributed by atoms with Crippen LogP contribution < -0.4 is 5.32 Å². The highest BCUT2D eigenvalue weighted by atomic mass is 14.9. The number of unbranched alkanes of at least 4 members (excludes halogenated alkanes) is 1. The first-order valence-electron chi connectivity index (χ1n) is 6.62. The Kier molecular flexibility index (Phi) is 4.00. The normalized spacial score (nSPS) is 20.8. The molecule has 0 saturated carbocycles. The molecule has 0 bridgehead atoms. The SMILES string of the molecule is CCCCC(NC)C1CCc2ccccc21. The molecule has 0 amide bonds. The minimum Gasteiger partial charge on any atom is -0.316 e. The monoisotopic (exact) mass is 217 g/mol. The first-order chi connectivity index (χ1) is 7.86. The molecule has 0 heterocycles. The van der Waals surface area contributed by atoms with Crippen LogP contribution in [0.5, 0.6) is 0 Å². The second-order valence-electron chi connectivity index (χ2n) is 4.88. The Morgan fingerprint density at radius 2 is 2.19 bits per heavy atom. The first-order valence-corrected chi connectivity index (χ1v) is 6.62. The van der Waals surface area contributed by atoms with Crippen LogP contribution in [0.3, 0.4) is 0 Å². The van der Waals surface area contributed by atoms with Gasteiger partial charge < -0.3 is 5.32 Å². The van der Waals surface area contributed by atoms with Crippen LogP contribution in [0.2, 0.25) is 0 Å². The molecule has 1 aromatic carbocycles. The summed E-state index contributed by atoms with van der Waals surface area (Å²) in [6, 6.07) is 9.64. The van der Waals surface area contributed by atoms with Crippen molar-refractivity contribution in [3.63, 3.8) is 0 Å². The lowest BCUT2D eigenvalue weighted by Gasteiger charge is -2.24. The Hall–Kier alpha value is -0.820. The van der Waals surface area contributed by atoms with Crippen LogP contribution in [0.15, 0.2) is 24.3 Å². The summed E-state index contributed by atoms with van der Waals surface area (Å²) in [5, 5.41) is 3.52. The molecule has 1 aliphatic rings. The quantitative estimate of drug-likeness (QED) is 0.796. The van der Waals surface area contributed by atoms with Gasteiger partial charge in [0.2, 0.25) is 0 Å². The molecule has 1 nitrogen and oxygen atoms in total. The molecule has 2 atom stereocenters. The molecule has 0 radical (unpaired) electrons. The molecule has 1 N–H and O–H groups in total. The lowest BCUT2D eigenvalue weighted by Crippen LogP contribution is -2.31. The highest BCUT2D eigenvalue weighted by Gasteiger charge is 2.27. The number of hydrogen-bond donors (Lipinski definition) is 1. The van der Waals surface area contributed by atoms with Crippen LogP contribution in [0, 0.1) is 0 Å². The average molecular weight is 217 g/mol. The van der Waals surface area contributed by atoms with Gasteiger partial charge in [-0.25, -0.2) is 0 Å². The second-order valence-corrected chi connectivity index (χ2v) is 4.88. The summed E-state index contributed by atoms with van der Waals surface area (Å²) in [6.07, 6.45) is 6.54. The molecule has 1 aliphatic carbocycles. The number of aryl methyl sites for hydroxylation is 1. The summed E-state index contributed by atoms with van der Waals surface area (Å²) >= 11 is 0. The number of benzene rings is 1. The molecule has 0 spiro atoms. The van der Waals surface area contributed by atoms with Gasteiger partial charge in [-0.1, -0.05) is 44.0 Å². The van der Waals surface area contributed by atoms with Crippen LogP contribution >= 0.6 is 0 Å². The molecule has 0 aromatic heterocycles. The van der Waals surface area contributed by atoms with Crippen molar-refractivity contribution < 1.29 is 0 Å². The van der Waals surface area contributed by atoms with Gasteiger partial charge in [0, 0.05) is 6.04 Å². The maximum atomic E-state index is 3.52. The standard InChI is InChI=1S/C15H23N/c1-3-4-9-15(16-2)14-11-10-12-7-5-6-8-13(12)14/h5-8,14-16H,3-4,9-11H2,1-2H3. The predicted molar refractivity (Wildman–Crippen MR) is 69.9 cm³/mol. The van der Waals surface area contributed by atoms with Crippen LogP contribution in [-0.2, 0) is 6.42 Å². The van der Waals surface area contributed by atoms with Gasteiger partial charge in [-0.2, -0.15) is 0 Å². The van der Waals surface area contributed by atoms with Crippen LogP contribution in [0.25, 0.3) is 0 Å². The van der Waals surface area contributed by atoms with Crippen LogP contribution in [-0.4, -0.2) is 13.1 Å². The van der Waals surface area contributed by atoms with E-state index in [0.717, 1.165) is 5.92 Å². The van der Waals surface area contributed by atoms with Crippen molar-refractivity contribution in [1.82, 2.24) is 5.32 Å². The summed E-state index contributed by atoms with van der Waals surface area (Å²) in [5.74, 6) is 0.743. The van der Waals surface area contributed by atoms with Gasteiger partial charge in [0.1, 0.15) is 0 Å². The summed E-state index contributed by atoms with van der Waals surface area (Å²) in [4.78, 5) is 0. The van der Waals surface area contributed by atoms with E-state index in [9.17, 15) is 0 Å². The van der Waals surface area contributed by atoms with E-state index in [1.54, 1.807) is 11.1 Å². The zero-order chi connectivity index (χ0) is 11.4. The van der Waals surface area contributed by atoms with Crippen molar-refractivity contribution in [3.8, 4) is 0 Å². The molecular formula is C15H23N. The number of hydrogen-bond acceptors (Lipinski definition) is 1. The Labute approximate surface area is 99.3 Å². The van der Waals surface area contributed by atoms with Crippen LogP contribution in [0.4, 0.5) is 0 Å². The van der Waals surface area contributed by atoms with E-state index >= 15 is 0 Å². The fraction of sp³-hybridized carbons (Fsp3) is 0.600. The minimum absolute atomic E-state index is 0.670. The van der Waals surface area contributed by atoms with Crippen molar-refractivity contribution in [2.75, 3.05) is 7.05 Å². The molecule has 0 fully saturated rings. The van der Waals surface area contributed by atoms with Gasteiger partial charge >= 0.3 is 0 Å². The van der Waals surface area contributed by atoms with Gasteiger partial charge in [0.05, 0.1) is 0 Å². The van der Waals surface area contributed by atoms with Gasteiger partial charge in [0.25, 0.3) is 0 Å². The van der Waals surface area contributed by atoms with E-state index < -0.39 is 0 Å². The maximum Gasteiger partial charge on any atom is 0.0133 e. The van der Waals surface area contributed by atoms with Gasteiger partial charge in [-0.3, -0.25) is 0 Å². The van der Waals surface area contributed by atoms with E-state index in [4.69, 9.17) is 0 Å². The van der Waals surface area contributed by atoms with E-state index in [-0.39, 0.29) is 0 Å². The third-order valence-electron chi connectivity index (χ3n) is 3.90. The smallest absolute Gasteiger partial charge is 0.0133 e. The molecule has 0 saturated heterocycles. The van der Waals surface area contributed by atoms with Crippen molar-refractivity contribution in [2.45, 2.75) is 51.0 Å². The van der Waals surface area contributed by atoms with Crippen molar-refractivity contribution in [3.05, 3.63) is 35.4 Å². The second kappa shape index (κ2) is 5.49. The maximum absolute atomic E-state index is 3.52. The Balaban J connectivity index is 2.10. The fourth-order valence-electron chi connectivity index (χ4n) is 2.98. The largest absolute Gasteiger partial charge is 0.316 e. The number of likely N-dealkylation sites (N-methyl/N-ethyl adjacent to an activating group) is 1. The molecule has 1 heteroatoms. The average Bonchev–Trinajstić information content (AvgIpc) is 2.75. The molecular weight excluding hydrogens is 194 g/mol. The fourth-order valence-corrected chi connectivity index (χ4v) is 2.98. The number of rotatable bonds is 5. The summed E-state index contributed by atoms with van der Waals surface area (Å²) in [7, 11) is 2.11. The third kappa shape index (κ3) is 2.30. The third-order valence-corrected chi connectivity index (χ3v) is 3.90. The van der Waals surface area contributed by atoms with Crippen LogP contribution in [0.1, 0.15) is 49.7 Å². The van der Waals surface area contributed by atoms with E-state index in [1.807, 2.05) is 0 Å². The minimum atomic E-state index is 0.670. The number of fused-ring (bicyclic) bond motifs is 1. The topological polar surface area (TPSA) is 12.0 Å². The Morgan fingerprint density at radius 1 is 1.38 bits per heavy atom. The molecule has 2 unspecified atom stereocenters. The van der Waals surface area contributed by atoms with Crippen molar-refractivity contribution in [2.24, 2.45) is 0 Å². The van der Waals surface area contributed by atoms with Crippen molar-refractivity contribution in [1.29, 1.82) is 0 Å². The highest BCUT2D eigenvalue weighted by Crippen LogP contribution is 2.36. The molecule has 1 aromatic rings. The molecule has 0 aliphatic heterocycles. The Bertz CT molecular complexity index is 332. The van der Waals surface area contributed by atoms with E-state index in [1.165, 1.54) is 32.1 Å². The lowest BCUT2D eigenvalue weighted by atomic mass is 9.90. The van der Waals surface area contributed by atoms with Gasteiger partial charge in [-0.15, -0.1) is 0 Å². The van der Waals surface area contributed by atoms with Gasteiger partial charge in [0.15, 0.2) is 0 Å². The van der Waals surface area contributed by atoms with Gasteiger partial charge in [-0.05, 0) is 43.4 Å². The van der Waals surface area contributed by atoms with Crippen molar-refractivity contribution >= 4 is 0 Å². The van der Waals surface area contributed by atoms with E-state index in [2.05, 4.69) is 43.6 Å². The number of nitrogens with one attached hydrogen (secondary N) is 1. The molecule has 2 rings (SSSR count). The summed E-state index contributed by atoms with van der Waals surface area (Å²) in [6.45, 7) is 2.27. The zero-order valence-corrected chi connectivity index (χ0v) is 10.5. The van der Waals surface area contributed by atoms with E-state index in [0.29, 0.717) is 6.04 Å². The summed E-state index contributed by atoms with van der Waals surface area (Å²) < 4.78 is 0. The highest BCUT2D eigenvalue weighted by molar-refractivity contribution is 5.35. The first kappa shape index (κ1) is 11.7.